The van der Waals surface area contributed by atoms with Crippen molar-refractivity contribution in [3.63, 3.8) is 0 Å². The third-order valence-corrected chi connectivity index (χ3v) is 5.39. The Bertz CT molecular complexity index is 782. The maximum absolute atomic E-state index is 13.2. The van der Waals surface area contributed by atoms with Crippen LogP contribution < -0.4 is 0 Å². The Labute approximate surface area is 183 Å². The van der Waals surface area contributed by atoms with Crippen LogP contribution in [0.3, 0.4) is 0 Å². The van der Waals surface area contributed by atoms with Crippen LogP contribution in [0.5, 0.6) is 0 Å². The summed E-state index contributed by atoms with van der Waals surface area (Å²) in [5, 5.41) is 0. The summed E-state index contributed by atoms with van der Waals surface area (Å²) in [6.45, 7) is 16.9. The van der Waals surface area contributed by atoms with Crippen LogP contribution in [0.15, 0.2) is 48.7 Å². The molecule has 0 saturated carbocycles. The van der Waals surface area contributed by atoms with Gasteiger partial charge in [-0.15, -0.1) is 0 Å². The molecule has 1 aromatic carbocycles. The van der Waals surface area contributed by atoms with Gasteiger partial charge in [-0.05, 0) is 46.4 Å². The number of benzene rings is 1. The van der Waals surface area contributed by atoms with Gasteiger partial charge < -0.3 is 4.90 Å². The van der Waals surface area contributed by atoms with Gasteiger partial charge in [0, 0.05) is 37.8 Å². The highest BCUT2D eigenvalue weighted by molar-refractivity contribution is 5.76. The van der Waals surface area contributed by atoms with Crippen molar-refractivity contribution in [2.45, 2.75) is 79.7 Å². The second-order valence-electron chi connectivity index (χ2n) is 10.9. The van der Waals surface area contributed by atoms with E-state index in [1.165, 1.54) is 11.1 Å². The lowest BCUT2D eigenvalue weighted by Gasteiger charge is -2.27. The van der Waals surface area contributed by atoms with Gasteiger partial charge >= 0.3 is 0 Å². The molecule has 2 aromatic rings. The Balaban J connectivity index is 2.10. The van der Waals surface area contributed by atoms with E-state index in [4.69, 9.17) is 0 Å². The van der Waals surface area contributed by atoms with E-state index >= 15 is 0 Å². The number of amides is 1. The molecule has 1 heterocycles. The highest BCUT2D eigenvalue weighted by atomic mass is 16.2. The molecule has 3 nitrogen and oxygen atoms in total. The molecule has 0 bridgehead atoms. The van der Waals surface area contributed by atoms with Crippen LogP contribution in [-0.2, 0) is 23.2 Å². The lowest BCUT2D eigenvalue weighted by Crippen LogP contribution is -2.34. The van der Waals surface area contributed by atoms with Crippen molar-refractivity contribution in [3.8, 4) is 0 Å². The number of aromatic nitrogens is 1. The number of rotatable bonds is 8. The monoisotopic (exact) mass is 408 g/mol. The van der Waals surface area contributed by atoms with Crippen molar-refractivity contribution in [3.05, 3.63) is 65.5 Å². The predicted octanol–water partition coefficient (Wildman–Crippen LogP) is 6.41. The summed E-state index contributed by atoms with van der Waals surface area (Å²) in [4.78, 5) is 19.6. The number of nitrogens with zero attached hydrogens (tertiary/aromatic N) is 2. The van der Waals surface area contributed by atoms with Crippen LogP contribution in [0.25, 0.3) is 0 Å². The zero-order chi connectivity index (χ0) is 22.4. The highest BCUT2D eigenvalue weighted by Gasteiger charge is 2.21. The molecule has 164 valence electrons. The van der Waals surface area contributed by atoms with Crippen molar-refractivity contribution in [1.29, 1.82) is 0 Å². The van der Waals surface area contributed by atoms with Crippen LogP contribution in [-0.4, -0.2) is 22.3 Å². The van der Waals surface area contributed by atoms with E-state index in [9.17, 15) is 4.79 Å². The summed E-state index contributed by atoms with van der Waals surface area (Å²) in [6, 6.07) is 14.7. The quantitative estimate of drug-likeness (QED) is 0.505. The molecule has 30 heavy (non-hydrogen) atoms. The zero-order valence-corrected chi connectivity index (χ0v) is 20.0. The van der Waals surface area contributed by atoms with Crippen LogP contribution in [0.1, 0.15) is 78.1 Å². The fourth-order valence-electron chi connectivity index (χ4n) is 3.96. The summed E-state index contributed by atoms with van der Waals surface area (Å²) < 4.78 is 0. The first-order valence-corrected chi connectivity index (χ1v) is 11.2. The molecule has 2 rings (SSSR count). The molecule has 1 amide bonds. The van der Waals surface area contributed by atoms with Crippen LogP contribution in [0.4, 0.5) is 0 Å². The highest BCUT2D eigenvalue weighted by Crippen LogP contribution is 2.27. The number of pyridine rings is 1. The van der Waals surface area contributed by atoms with E-state index in [0.29, 0.717) is 25.4 Å². The minimum atomic E-state index is 0.134. The molecule has 0 aliphatic heterocycles. The minimum absolute atomic E-state index is 0.134. The average molecular weight is 409 g/mol. The van der Waals surface area contributed by atoms with Crippen molar-refractivity contribution in [2.24, 2.45) is 11.3 Å². The standard InChI is InChI=1S/C27H40N2O/c1-21(19-26(2,3)4)18-25(30)29(17-15-24-10-8-9-16-28-24)20-22-11-13-23(14-12-22)27(5,6)7/h8-14,16,21H,15,17-20H2,1-7H3. The Kier molecular flexibility index (Phi) is 8.23. The van der Waals surface area contributed by atoms with Crippen LogP contribution in [0.2, 0.25) is 0 Å². The van der Waals surface area contributed by atoms with Gasteiger partial charge in [-0.2, -0.15) is 0 Å². The summed E-state index contributed by atoms with van der Waals surface area (Å²) in [6.07, 6.45) is 4.24. The van der Waals surface area contributed by atoms with E-state index in [1.807, 2.05) is 29.3 Å². The van der Waals surface area contributed by atoms with Gasteiger partial charge in [0.1, 0.15) is 0 Å². The molecule has 0 aliphatic carbocycles. The molecule has 0 N–H and O–H groups in total. The second-order valence-corrected chi connectivity index (χ2v) is 10.9. The number of carbonyl (C=O) groups excluding carboxylic acids is 1. The maximum atomic E-state index is 13.2. The Morgan fingerprint density at radius 3 is 2.20 bits per heavy atom. The fraction of sp³-hybridized carbons (Fsp3) is 0.556. The molecular formula is C27H40N2O. The third-order valence-electron chi connectivity index (χ3n) is 5.39. The molecule has 0 radical (unpaired) electrons. The topological polar surface area (TPSA) is 33.2 Å². The van der Waals surface area contributed by atoms with Crippen molar-refractivity contribution in [2.75, 3.05) is 6.54 Å². The normalized spacial score (nSPS) is 13.2. The van der Waals surface area contributed by atoms with Crippen LogP contribution >= 0.6 is 0 Å². The third kappa shape index (κ3) is 8.30. The van der Waals surface area contributed by atoms with Crippen LogP contribution in [0, 0.1) is 11.3 Å². The SMILES string of the molecule is CC(CC(=O)N(CCc1ccccn1)Cc1ccc(C(C)(C)C)cc1)CC(C)(C)C. The summed E-state index contributed by atoms with van der Waals surface area (Å²) in [7, 11) is 0. The number of hydrogen-bond donors (Lipinski definition) is 0. The van der Waals surface area contributed by atoms with Gasteiger partial charge in [0.25, 0.3) is 0 Å². The molecule has 0 spiro atoms. The zero-order valence-electron chi connectivity index (χ0n) is 20.0. The van der Waals surface area contributed by atoms with Gasteiger partial charge in [0.05, 0.1) is 0 Å². The summed E-state index contributed by atoms with van der Waals surface area (Å²) in [5.41, 5.74) is 3.90. The molecular weight excluding hydrogens is 368 g/mol. The Morgan fingerprint density at radius 1 is 1.00 bits per heavy atom. The Hall–Kier alpha value is -2.16. The van der Waals surface area contributed by atoms with E-state index in [1.54, 1.807) is 0 Å². The molecule has 3 heteroatoms. The average Bonchev–Trinajstić information content (AvgIpc) is 2.64. The summed E-state index contributed by atoms with van der Waals surface area (Å²) in [5.74, 6) is 0.612. The largest absolute Gasteiger partial charge is 0.338 e. The van der Waals surface area contributed by atoms with E-state index in [2.05, 4.69) is 77.7 Å². The first-order chi connectivity index (χ1) is 13.9. The van der Waals surface area contributed by atoms with Crippen molar-refractivity contribution < 1.29 is 4.79 Å². The fourth-order valence-corrected chi connectivity index (χ4v) is 3.96. The lowest BCUT2D eigenvalue weighted by molar-refractivity contribution is -0.132. The molecule has 0 fully saturated rings. The first-order valence-electron chi connectivity index (χ1n) is 11.2. The van der Waals surface area contributed by atoms with Gasteiger partial charge in [-0.1, -0.05) is 78.8 Å². The summed E-state index contributed by atoms with van der Waals surface area (Å²) >= 11 is 0. The number of carbonyl (C=O) groups is 1. The number of hydrogen-bond acceptors (Lipinski definition) is 2. The van der Waals surface area contributed by atoms with Crippen molar-refractivity contribution in [1.82, 2.24) is 9.88 Å². The van der Waals surface area contributed by atoms with E-state index in [0.717, 1.165) is 18.5 Å². The van der Waals surface area contributed by atoms with Gasteiger partial charge in [-0.25, -0.2) is 0 Å². The second kappa shape index (κ2) is 10.2. The van der Waals surface area contributed by atoms with Gasteiger partial charge in [0.15, 0.2) is 0 Å². The predicted molar refractivity (Wildman–Crippen MR) is 126 cm³/mol. The molecule has 1 atom stereocenters. The van der Waals surface area contributed by atoms with Gasteiger partial charge in [0.2, 0.25) is 5.91 Å². The molecule has 1 unspecified atom stereocenters. The van der Waals surface area contributed by atoms with E-state index in [-0.39, 0.29) is 16.7 Å². The van der Waals surface area contributed by atoms with E-state index < -0.39 is 0 Å². The lowest BCUT2D eigenvalue weighted by atomic mass is 9.84. The molecule has 1 aromatic heterocycles. The van der Waals surface area contributed by atoms with Gasteiger partial charge in [-0.3, -0.25) is 9.78 Å². The van der Waals surface area contributed by atoms with Crippen molar-refractivity contribution >= 4 is 5.91 Å². The molecule has 0 saturated heterocycles. The smallest absolute Gasteiger partial charge is 0.223 e. The maximum Gasteiger partial charge on any atom is 0.223 e. The molecule has 0 aliphatic rings. The Morgan fingerprint density at radius 2 is 1.67 bits per heavy atom. The first kappa shape index (κ1) is 24.1. The minimum Gasteiger partial charge on any atom is -0.338 e.